The number of halogens is 3. The molecule has 4 nitrogen and oxygen atoms in total. The molecule has 0 atom stereocenters. The van der Waals surface area contributed by atoms with Gasteiger partial charge in [-0.25, -0.2) is 0 Å². The summed E-state index contributed by atoms with van der Waals surface area (Å²) in [6.07, 6.45) is -3.49. The van der Waals surface area contributed by atoms with Crippen LogP contribution in [-0.2, 0) is 32.8 Å². The number of nitrogens with zero attached hydrogens (tertiary/aromatic N) is 2. The number of aromatic nitrogens is 2. The maximum atomic E-state index is 13.2. The summed E-state index contributed by atoms with van der Waals surface area (Å²) in [7, 11) is 0. The van der Waals surface area contributed by atoms with Crippen LogP contribution in [0.25, 0.3) is 0 Å². The number of alkyl halides is 3. The molecule has 0 bridgehead atoms. The predicted octanol–water partition coefficient (Wildman–Crippen LogP) is 4.07. The molecule has 3 rings (SSSR count). The smallest absolute Gasteiger partial charge is 0.435 e. The first-order valence-corrected chi connectivity index (χ1v) is 9.95. The summed E-state index contributed by atoms with van der Waals surface area (Å²) in [6, 6.07) is 0. The lowest BCUT2D eigenvalue weighted by atomic mass is 10.2. The van der Waals surface area contributed by atoms with Gasteiger partial charge in [-0.2, -0.15) is 18.3 Å². The van der Waals surface area contributed by atoms with Gasteiger partial charge in [-0.05, 0) is 19.8 Å². The fourth-order valence-electron chi connectivity index (χ4n) is 2.98. The molecule has 1 spiro atoms. The summed E-state index contributed by atoms with van der Waals surface area (Å²) in [5, 5.41) is 3.71. The monoisotopic (exact) mass is 382 g/mol. The molecule has 1 saturated heterocycles. The summed E-state index contributed by atoms with van der Waals surface area (Å²) in [5.41, 5.74) is -0.0455. The normalized spacial score (nSPS) is 18.2. The highest BCUT2D eigenvalue weighted by Crippen LogP contribution is 2.60. The quantitative estimate of drug-likeness (QED) is 0.738. The zero-order valence-electron chi connectivity index (χ0n) is 13.9. The van der Waals surface area contributed by atoms with Crippen LogP contribution in [0.3, 0.4) is 0 Å². The summed E-state index contributed by atoms with van der Waals surface area (Å²) in [4.78, 5) is 11.7. The lowest BCUT2D eigenvalue weighted by molar-refractivity contribution is -0.146. The van der Waals surface area contributed by atoms with E-state index in [-0.39, 0.29) is 18.7 Å². The fraction of sp³-hybridized carbons (Fsp3) is 0.733. The van der Waals surface area contributed by atoms with Crippen molar-refractivity contribution in [3.63, 3.8) is 0 Å². The molecule has 1 fully saturated rings. The molecule has 2 aliphatic rings. The topological polar surface area (TPSA) is 44.1 Å². The fourth-order valence-corrected chi connectivity index (χ4v) is 6.36. The van der Waals surface area contributed by atoms with Gasteiger partial charge < -0.3 is 4.74 Å². The minimum absolute atomic E-state index is 0.197. The van der Waals surface area contributed by atoms with Crippen LogP contribution in [-0.4, -0.2) is 33.9 Å². The van der Waals surface area contributed by atoms with E-state index in [4.69, 9.17) is 4.74 Å². The first-order chi connectivity index (χ1) is 11.4. The lowest BCUT2D eigenvalue weighted by Gasteiger charge is -2.23. The van der Waals surface area contributed by atoms with Crippen LogP contribution in [0.5, 0.6) is 0 Å². The van der Waals surface area contributed by atoms with Crippen LogP contribution in [0.1, 0.15) is 44.1 Å². The molecule has 1 aromatic rings. The molecule has 9 heteroatoms. The highest BCUT2D eigenvalue weighted by Gasteiger charge is 2.51. The molecule has 0 N–H and O–H groups in total. The van der Waals surface area contributed by atoms with E-state index in [1.54, 1.807) is 30.4 Å². The standard InChI is InChI=1S/C13H15F3N2O2S2.C2H6/c1-2-20-9(19)7-18-11-8(10(17-18)13(14,15)16)3-4-12(11)21-5-6-22-12;1-2/h2-7H2,1H3;1-2H3. The molecule has 24 heavy (non-hydrogen) atoms. The van der Waals surface area contributed by atoms with Gasteiger partial charge in [0.2, 0.25) is 0 Å². The first kappa shape index (κ1) is 19.5. The highest BCUT2D eigenvalue weighted by atomic mass is 32.2. The molecule has 0 saturated carbocycles. The van der Waals surface area contributed by atoms with E-state index >= 15 is 0 Å². The Morgan fingerprint density at radius 1 is 1.33 bits per heavy atom. The molecule has 0 radical (unpaired) electrons. The Morgan fingerprint density at radius 2 is 1.96 bits per heavy atom. The number of carbonyl (C=O) groups is 1. The van der Waals surface area contributed by atoms with Gasteiger partial charge in [0.25, 0.3) is 0 Å². The van der Waals surface area contributed by atoms with Crippen LogP contribution < -0.4 is 0 Å². The largest absolute Gasteiger partial charge is 0.465 e. The first-order valence-electron chi connectivity index (χ1n) is 7.98. The summed E-state index contributed by atoms with van der Waals surface area (Å²) < 4.78 is 45.3. The third-order valence-electron chi connectivity index (χ3n) is 3.72. The molecule has 0 amide bonds. The van der Waals surface area contributed by atoms with Crippen LogP contribution >= 0.6 is 23.5 Å². The lowest BCUT2D eigenvalue weighted by Crippen LogP contribution is -2.22. The van der Waals surface area contributed by atoms with Crippen molar-refractivity contribution in [2.45, 2.75) is 50.4 Å². The number of hydrogen-bond donors (Lipinski definition) is 0. The molecular formula is C15H21F3N2O2S2. The van der Waals surface area contributed by atoms with Crippen molar-refractivity contribution in [2.24, 2.45) is 0 Å². The SMILES string of the molecule is CC.CCOC(=O)Cn1nc(C(F)(F)F)c2c1C1(CC2)SCCS1. The molecule has 1 aliphatic heterocycles. The van der Waals surface area contributed by atoms with E-state index in [0.717, 1.165) is 11.5 Å². The predicted molar refractivity (Wildman–Crippen MR) is 90.1 cm³/mol. The van der Waals surface area contributed by atoms with Crippen molar-refractivity contribution in [3.8, 4) is 0 Å². The van der Waals surface area contributed by atoms with E-state index in [9.17, 15) is 18.0 Å². The second-order valence-electron chi connectivity index (χ2n) is 5.09. The Bertz CT molecular complexity index is 596. The zero-order chi connectivity index (χ0) is 18.0. The van der Waals surface area contributed by atoms with Crippen molar-refractivity contribution in [1.29, 1.82) is 0 Å². The van der Waals surface area contributed by atoms with Gasteiger partial charge in [0, 0.05) is 17.1 Å². The van der Waals surface area contributed by atoms with Gasteiger partial charge in [0.05, 0.1) is 12.3 Å². The second-order valence-corrected chi connectivity index (χ2v) is 8.13. The third kappa shape index (κ3) is 3.56. The van der Waals surface area contributed by atoms with Gasteiger partial charge in [0.1, 0.15) is 10.6 Å². The molecule has 1 aromatic heterocycles. The Balaban J connectivity index is 0.00000100. The number of ether oxygens (including phenoxy) is 1. The van der Waals surface area contributed by atoms with E-state index in [2.05, 4.69) is 5.10 Å². The molecule has 2 heterocycles. The van der Waals surface area contributed by atoms with Crippen molar-refractivity contribution >= 4 is 29.5 Å². The Labute approximate surface area is 147 Å². The summed E-state index contributed by atoms with van der Waals surface area (Å²) in [6.45, 7) is 5.59. The average Bonchev–Trinajstić information content (AvgIpc) is 3.20. The summed E-state index contributed by atoms with van der Waals surface area (Å²) in [5.74, 6) is 1.24. The van der Waals surface area contributed by atoms with Crippen molar-refractivity contribution in [1.82, 2.24) is 9.78 Å². The minimum Gasteiger partial charge on any atom is -0.465 e. The van der Waals surface area contributed by atoms with Gasteiger partial charge in [-0.3, -0.25) is 9.48 Å². The number of carbonyl (C=O) groups excluding carboxylic acids is 1. The van der Waals surface area contributed by atoms with Crippen LogP contribution in [0.4, 0.5) is 13.2 Å². The van der Waals surface area contributed by atoms with Gasteiger partial charge in [-0.15, -0.1) is 23.5 Å². The van der Waals surface area contributed by atoms with E-state index in [1.807, 2.05) is 13.8 Å². The second kappa shape index (κ2) is 7.59. The van der Waals surface area contributed by atoms with Crippen molar-refractivity contribution < 1.29 is 22.7 Å². The number of esters is 1. The molecule has 136 valence electrons. The average molecular weight is 382 g/mol. The van der Waals surface area contributed by atoms with Gasteiger partial charge in [0.15, 0.2) is 5.69 Å². The molecule has 0 aromatic carbocycles. The van der Waals surface area contributed by atoms with Crippen LogP contribution in [0.15, 0.2) is 0 Å². The Morgan fingerprint density at radius 3 is 2.50 bits per heavy atom. The molecular weight excluding hydrogens is 361 g/mol. The Kier molecular flexibility index (Phi) is 6.17. The van der Waals surface area contributed by atoms with Gasteiger partial charge >= 0.3 is 12.1 Å². The zero-order valence-corrected chi connectivity index (χ0v) is 15.5. The highest BCUT2D eigenvalue weighted by molar-refractivity contribution is 8.20. The Hall–Kier alpha value is -0.830. The van der Waals surface area contributed by atoms with E-state index in [1.165, 1.54) is 4.68 Å². The van der Waals surface area contributed by atoms with Gasteiger partial charge in [-0.1, -0.05) is 13.8 Å². The van der Waals surface area contributed by atoms with Crippen molar-refractivity contribution in [3.05, 3.63) is 17.0 Å². The number of hydrogen-bond acceptors (Lipinski definition) is 5. The maximum Gasteiger partial charge on any atom is 0.435 e. The summed E-state index contributed by atoms with van der Waals surface area (Å²) >= 11 is 3.31. The third-order valence-corrected chi connectivity index (χ3v) is 7.23. The minimum atomic E-state index is -4.50. The van der Waals surface area contributed by atoms with Crippen molar-refractivity contribution in [2.75, 3.05) is 18.1 Å². The van der Waals surface area contributed by atoms with E-state index < -0.39 is 21.9 Å². The van der Waals surface area contributed by atoms with E-state index in [0.29, 0.717) is 18.5 Å². The number of fused-ring (bicyclic) bond motifs is 2. The van der Waals surface area contributed by atoms with Crippen LogP contribution in [0, 0.1) is 0 Å². The maximum absolute atomic E-state index is 13.2. The van der Waals surface area contributed by atoms with Crippen LogP contribution in [0.2, 0.25) is 0 Å². The number of rotatable bonds is 3. The number of thioether (sulfide) groups is 2. The molecule has 1 aliphatic carbocycles. The molecule has 0 unspecified atom stereocenters.